The van der Waals surface area contributed by atoms with Crippen molar-refractivity contribution in [2.45, 2.75) is 44.8 Å². The fourth-order valence-corrected chi connectivity index (χ4v) is 3.97. The Labute approximate surface area is 137 Å². The van der Waals surface area contributed by atoms with Gasteiger partial charge in [-0.15, -0.1) is 11.3 Å². The molecule has 0 aliphatic carbocycles. The molecule has 1 aliphatic rings. The maximum absolute atomic E-state index is 10.4. The summed E-state index contributed by atoms with van der Waals surface area (Å²) in [6, 6.07) is 10.1. The van der Waals surface area contributed by atoms with E-state index in [9.17, 15) is 5.11 Å². The summed E-state index contributed by atoms with van der Waals surface area (Å²) in [5, 5.41) is 10.4. The van der Waals surface area contributed by atoms with Gasteiger partial charge in [-0.2, -0.15) is 0 Å². The monoisotopic (exact) mass is 366 g/mol. The van der Waals surface area contributed by atoms with E-state index in [0.717, 1.165) is 15.8 Å². The normalized spacial score (nSPS) is 21.8. The molecule has 0 saturated heterocycles. The number of aliphatic hydroxyl groups is 1. The van der Waals surface area contributed by atoms with E-state index < -0.39 is 6.10 Å². The van der Waals surface area contributed by atoms with Gasteiger partial charge in [-0.3, -0.25) is 0 Å². The third kappa shape index (κ3) is 3.03. The lowest BCUT2D eigenvalue weighted by molar-refractivity contribution is 0.0674. The smallest absolute Gasteiger partial charge is 0.136 e. The highest BCUT2D eigenvalue weighted by atomic mass is 79.9. The second-order valence-electron chi connectivity index (χ2n) is 6.49. The predicted molar refractivity (Wildman–Crippen MR) is 90.1 cm³/mol. The standard InChI is InChI=1S/C17H19BrO2S/c1-17(2,3)16-7-6-15(21-16)14-9-12(19)11-5-4-10(18)8-13(11)20-14/h4-8,12,14,19H,9H2,1-3H3/t12-,14?/m1/s1. The van der Waals surface area contributed by atoms with Crippen molar-refractivity contribution in [3.8, 4) is 5.75 Å². The molecule has 1 unspecified atom stereocenters. The molecule has 21 heavy (non-hydrogen) atoms. The Bertz CT molecular complexity index is 657. The zero-order valence-electron chi connectivity index (χ0n) is 12.4. The van der Waals surface area contributed by atoms with E-state index in [1.165, 1.54) is 9.75 Å². The summed E-state index contributed by atoms with van der Waals surface area (Å²) in [6.45, 7) is 6.64. The van der Waals surface area contributed by atoms with E-state index in [2.05, 4.69) is 48.8 Å². The van der Waals surface area contributed by atoms with Crippen molar-refractivity contribution in [1.29, 1.82) is 0 Å². The van der Waals surface area contributed by atoms with Crippen LogP contribution in [0.5, 0.6) is 5.75 Å². The Hall–Kier alpha value is -0.840. The van der Waals surface area contributed by atoms with Crippen LogP contribution in [-0.4, -0.2) is 5.11 Å². The van der Waals surface area contributed by atoms with Crippen LogP contribution in [-0.2, 0) is 5.41 Å². The van der Waals surface area contributed by atoms with Crippen molar-refractivity contribution in [2.75, 3.05) is 0 Å². The van der Waals surface area contributed by atoms with Crippen LogP contribution in [0.25, 0.3) is 0 Å². The number of aliphatic hydroxyl groups excluding tert-OH is 1. The summed E-state index contributed by atoms with van der Waals surface area (Å²) in [4.78, 5) is 2.53. The van der Waals surface area contributed by atoms with E-state index >= 15 is 0 Å². The summed E-state index contributed by atoms with van der Waals surface area (Å²) < 4.78 is 7.08. The van der Waals surface area contributed by atoms with Crippen LogP contribution in [0, 0.1) is 0 Å². The average molecular weight is 367 g/mol. The lowest BCUT2D eigenvalue weighted by Gasteiger charge is -2.29. The molecule has 1 N–H and O–H groups in total. The van der Waals surface area contributed by atoms with Gasteiger partial charge in [0.05, 0.1) is 6.10 Å². The molecule has 0 bridgehead atoms. The molecule has 0 radical (unpaired) electrons. The second kappa shape index (κ2) is 5.41. The molecule has 0 amide bonds. The average Bonchev–Trinajstić information content (AvgIpc) is 2.87. The minimum absolute atomic E-state index is 0.0668. The van der Waals surface area contributed by atoms with Crippen molar-refractivity contribution < 1.29 is 9.84 Å². The van der Waals surface area contributed by atoms with E-state index in [0.29, 0.717) is 6.42 Å². The highest BCUT2D eigenvalue weighted by Gasteiger charge is 2.30. The molecule has 1 aromatic carbocycles. The molecule has 1 aliphatic heterocycles. The number of halogens is 1. The molecule has 2 heterocycles. The Balaban J connectivity index is 1.90. The van der Waals surface area contributed by atoms with Crippen molar-refractivity contribution in [3.63, 3.8) is 0 Å². The van der Waals surface area contributed by atoms with Gasteiger partial charge in [-0.05, 0) is 29.7 Å². The van der Waals surface area contributed by atoms with Gasteiger partial charge in [-0.25, -0.2) is 0 Å². The Morgan fingerprint density at radius 2 is 2.00 bits per heavy atom. The van der Waals surface area contributed by atoms with E-state index in [4.69, 9.17) is 4.74 Å². The van der Waals surface area contributed by atoms with Crippen LogP contribution >= 0.6 is 27.3 Å². The number of thiophene rings is 1. The molecule has 0 spiro atoms. The number of benzene rings is 1. The number of rotatable bonds is 1. The fourth-order valence-electron chi connectivity index (χ4n) is 2.52. The van der Waals surface area contributed by atoms with Gasteiger partial charge in [0.25, 0.3) is 0 Å². The Morgan fingerprint density at radius 3 is 2.67 bits per heavy atom. The first-order valence-corrected chi connectivity index (χ1v) is 8.70. The zero-order chi connectivity index (χ0) is 15.2. The van der Waals surface area contributed by atoms with E-state index in [1.807, 2.05) is 18.2 Å². The SMILES string of the molecule is CC(C)(C)c1ccc(C2C[C@@H](O)c3ccc(Br)cc3O2)s1. The van der Waals surface area contributed by atoms with Gasteiger partial charge >= 0.3 is 0 Å². The summed E-state index contributed by atoms with van der Waals surface area (Å²) in [7, 11) is 0. The van der Waals surface area contributed by atoms with Crippen molar-refractivity contribution >= 4 is 27.3 Å². The largest absolute Gasteiger partial charge is 0.484 e. The van der Waals surface area contributed by atoms with E-state index in [1.54, 1.807) is 11.3 Å². The minimum Gasteiger partial charge on any atom is -0.484 e. The molecule has 0 saturated carbocycles. The third-order valence-corrected chi connectivity index (χ3v) is 5.82. The van der Waals surface area contributed by atoms with Gasteiger partial charge in [0.2, 0.25) is 0 Å². The van der Waals surface area contributed by atoms with Gasteiger partial charge in [-0.1, -0.05) is 42.8 Å². The summed E-state index contributed by atoms with van der Waals surface area (Å²) in [5.74, 6) is 0.777. The van der Waals surface area contributed by atoms with Crippen molar-refractivity contribution in [2.24, 2.45) is 0 Å². The van der Waals surface area contributed by atoms with Crippen molar-refractivity contribution in [3.05, 3.63) is 50.1 Å². The third-order valence-electron chi connectivity index (χ3n) is 3.72. The first kappa shape index (κ1) is 15.1. The molecule has 112 valence electrons. The summed E-state index contributed by atoms with van der Waals surface area (Å²) in [5.41, 5.74) is 1.03. The maximum Gasteiger partial charge on any atom is 0.136 e. The molecule has 4 heteroatoms. The Morgan fingerprint density at radius 1 is 1.24 bits per heavy atom. The van der Waals surface area contributed by atoms with Crippen LogP contribution in [0.4, 0.5) is 0 Å². The quantitative estimate of drug-likeness (QED) is 0.735. The fraction of sp³-hybridized carbons (Fsp3) is 0.412. The van der Waals surface area contributed by atoms with Crippen LogP contribution in [0.1, 0.15) is 54.7 Å². The molecule has 2 nitrogen and oxygen atoms in total. The summed E-state index contributed by atoms with van der Waals surface area (Å²) >= 11 is 5.24. The first-order valence-electron chi connectivity index (χ1n) is 7.09. The number of fused-ring (bicyclic) bond motifs is 1. The van der Waals surface area contributed by atoms with Gasteiger partial charge in [0.1, 0.15) is 11.9 Å². The van der Waals surface area contributed by atoms with E-state index in [-0.39, 0.29) is 11.5 Å². The lowest BCUT2D eigenvalue weighted by atomic mass is 9.95. The molecule has 0 fully saturated rings. The molecular weight excluding hydrogens is 348 g/mol. The molecule has 1 aromatic heterocycles. The molecule has 2 atom stereocenters. The lowest BCUT2D eigenvalue weighted by Crippen LogP contribution is -2.18. The second-order valence-corrected chi connectivity index (χ2v) is 8.52. The van der Waals surface area contributed by atoms with Gasteiger partial charge in [0.15, 0.2) is 0 Å². The highest BCUT2D eigenvalue weighted by molar-refractivity contribution is 9.10. The van der Waals surface area contributed by atoms with Crippen LogP contribution < -0.4 is 4.74 Å². The highest BCUT2D eigenvalue weighted by Crippen LogP contribution is 2.44. The van der Waals surface area contributed by atoms with Gasteiger partial charge in [0, 0.05) is 26.2 Å². The molecule has 3 rings (SSSR count). The van der Waals surface area contributed by atoms with Crippen LogP contribution in [0.3, 0.4) is 0 Å². The summed E-state index contributed by atoms with van der Waals surface area (Å²) in [6.07, 6.45) is 0.0774. The Kier molecular flexibility index (Phi) is 3.89. The predicted octanol–water partition coefficient (Wildman–Crippen LogP) is 5.37. The van der Waals surface area contributed by atoms with Crippen LogP contribution in [0.15, 0.2) is 34.8 Å². The first-order chi connectivity index (χ1) is 9.84. The van der Waals surface area contributed by atoms with Crippen molar-refractivity contribution in [1.82, 2.24) is 0 Å². The van der Waals surface area contributed by atoms with Gasteiger partial charge < -0.3 is 9.84 Å². The molecule has 2 aromatic rings. The molecular formula is C17H19BrO2S. The minimum atomic E-state index is -0.466. The van der Waals surface area contributed by atoms with Crippen LogP contribution in [0.2, 0.25) is 0 Å². The number of hydrogen-bond acceptors (Lipinski definition) is 3. The number of ether oxygens (including phenoxy) is 1. The zero-order valence-corrected chi connectivity index (χ0v) is 14.8. The maximum atomic E-state index is 10.4. The topological polar surface area (TPSA) is 29.5 Å². The number of hydrogen-bond donors (Lipinski definition) is 1.